The summed E-state index contributed by atoms with van der Waals surface area (Å²) in [7, 11) is 0. The number of nitriles is 1. The van der Waals surface area contributed by atoms with E-state index in [2.05, 4.69) is 5.32 Å². The highest BCUT2D eigenvalue weighted by molar-refractivity contribution is 7.17. The van der Waals surface area contributed by atoms with Crippen LogP contribution in [0.1, 0.15) is 45.2 Å². The van der Waals surface area contributed by atoms with Gasteiger partial charge in [-0.2, -0.15) is 5.26 Å². The smallest absolute Gasteiger partial charge is 0.267 e. The molecule has 1 aliphatic rings. The number of hydrogen-bond donors (Lipinski definition) is 2. The van der Waals surface area contributed by atoms with E-state index in [1.165, 1.54) is 17.4 Å². The number of rotatable bonds is 4. The lowest BCUT2D eigenvalue weighted by Gasteiger charge is -2.11. The quantitative estimate of drug-likeness (QED) is 0.648. The maximum atomic E-state index is 12.5. The van der Waals surface area contributed by atoms with Gasteiger partial charge in [0.25, 0.3) is 11.8 Å². The second kappa shape index (κ2) is 6.95. The number of nitrogens with one attached hydrogen (secondary N) is 1. The Morgan fingerprint density at radius 2 is 2.12 bits per heavy atom. The molecule has 0 saturated carbocycles. The van der Waals surface area contributed by atoms with Gasteiger partial charge < -0.3 is 15.5 Å². The predicted octanol–water partition coefficient (Wildman–Crippen LogP) is 3.17. The molecule has 0 aromatic carbocycles. The average Bonchev–Trinajstić information content (AvgIpc) is 3.15. The van der Waals surface area contributed by atoms with Crippen molar-refractivity contribution in [1.82, 2.24) is 0 Å². The summed E-state index contributed by atoms with van der Waals surface area (Å²) < 4.78 is 5.37. The first kappa shape index (κ1) is 17.0. The first-order valence-electron chi connectivity index (χ1n) is 7.93. The molecule has 0 fully saturated rings. The van der Waals surface area contributed by atoms with E-state index < -0.39 is 11.8 Å². The van der Waals surface area contributed by atoms with E-state index in [-0.39, 0.29) is 5.57 Å². The fraction of sp³-hybridized carbons (Fsp3) is 0.278. The highest BCUT2D eigenvalue weighted by atomic mass is 32.1. The molecule has 25 heavy (non-hydrogen) atoms. The van der Waals surface area contributed by atoms with Gasteiger partial charge >= 0.3 is 0 Å². The average molecular weight is 355 g/mol. The number of carbonyl (C=O) groups excluding carboxylic acids is 2. The van der Waals surface area contributed by atoms with E-state index in [4.69, 9.17) is 10.2 Å². The molecule has 0 unspecified atom stereocenters. The molecular weight excluding hydrogens is 338 g/mol. The highest BCUT2D eigenvalue weighted by Gasteiger charge is 2.25. The van der Waals surface area contributed by atoms with Gasteiger partial charge in [0.2, 0.25) is 0 Å². The van der Waals surface area contributed by atoms with Crippen LogP contribution in [0, 0.1) is 18.3 Å². The van der Waals surface area contributed by atoms with Gasteiger partial charge in [-0.15, -0.1) is 11.3 Å². The van der Waals surface area contributed by atoms with Crippen LogP contribution in [0.2, 0.25) is 0 Å². The molecule has 0 aliphatic heterocycles. The topological polar surface area (TPSA) is 109 Å². The maximum absolute atomic E-state index is 12.5. The second-order valence-corrected chi connectivity index (χ2v) is 6.96. The van der Waals surface area contributed by atoms with Gasteiger partial charge in [-0.25, -0.2) is 0 Å². The molecule has 3 rings (SSSR count). The van der Waals surface area contributed by atoms with Gasteiger partial charge in [-0.05, 0) is 50.3 Å². The van der Waals surface area contributed by atoms with Crippen LogP contribution in [0.15, 0.2) is 22.1 Å². The summed E-state index contributed by atoms with van der Waals surface area (Å²) in [4.78, 5) is 25.4. The minimum atomic E-state index is -0.586. The lowest BCUT2D eigenvalue weighted by atomic mass is 9.95. The Labute approximate surface area is 148 Å². The third-order valence-electron chi connectivity index (χ3n) is 4.06. The van der Waals surface area contributed by atoms with Gasteiger partial charge in [0.15, 0.2) is 0 Å². The molecule has 0 bridgehead atoms. The van der Waals surface area contributed by atoms with Gasteiger partial charge in [0.1, 0.15) is 28.2 Å². The number of furan rings is 1. The van der Waals surface area contributed by atoms with Crippen molar-refractivity contribution in [3.8, 4) is 6.07 Å². The minimum absolute atomic E-state index is 0.101. The lowest BCUT2D eigenvalue weighted by molar-refractivity contribution is -0.112. The van der Waals surface area contributed by atoms with E-state index in [1.54, 1.807) is 19.1 Å². The van der Waals surface area contributed by atoms with Gasteiger partial charge in [0, 0.05) is 11.0 Å². The molecule has 128 valence electrons. The molecule has 0 spiro atoms. The predicted molar refractivity (Wildman–Crippen MR) is 95.1 cm³/mol. The molecular formula is C18H17N3O3S. The third-order valence-corrected chi connectivity index (χ3v) is 5.26. The Morgan fingerprint density at radius 3 is 2.76 bits per heavy atom. The van der Waals surface area contributed by atoms with Crippen LogP contribution in [-0.2, 0) is 17.6 Å². The molecule has 1 aliphatic carbocycles. The Morgan fingerprint density at radius 1 is 1.36 bits per heavy atom. The standard InChI is InChI=1S/C18H17N3O3S/c1-10-6-7-12(24-10)8-11(9-19)17(23)21-18-15(16(20)22)13-4-2-3-5-14(13)25-18/h6-8H,2-5H2,1H3,(H2,20,22)(H,21,23)/b11-8+. The van der Waals surface area contributed by atoms with Crippen LogP contribution in [0.4, 0.5) is 5.00 Å². The van der Waals surface area contributed by atoms with Gasteiger partial charge in [-0.1, -0.05) is 0 Å². The Kier molecular flexibility index (Phi) is 4.72. The zero-order chi connectivity index (χ0) is 18.0. The van der Waals surface area contributed by atoms with Crippen LogP contribution in [-0.4, -0.2) is 11.8 Å². The monoisotopic (exact) mass is 355 g/mol. The number of anilines is 1. The van der Waals surface area contributed by atoms with Crippen molar-refractivity contribution in [2.45, 2.75) is 32.6 Å². The summed E-state index contributed by atoms with van der Waals surface area (Å²) >= 11 is 1.36. The second-order valence-electron chi connectivity index (χ2n) is 5.85. The van der Waals surface area contributed by atoms with Gasteiger partial charge in [-0.3, -0.25) is 9.59 Å². The first-order valence-corrected chi connectivity index (χ1v) is 8.75. The van der Waals surface area contributed by atoms with Crippen molar-refractivity contribution in [3.63, 3.8) is 0 Å². The van der Waals surface area contributed by atoms with Crippen molar-refractivity contribution < 1.29 is 14.0 Å². The molecule has 7 heteroatoms. The van der Waals surface area contributed by atoms with Crippen molar-refractivity contribution in [1.29, 1.82) is 5.26 Å². The molecule has 2 aromatic heterocycles. The van der Waals surface area contributed by atoms with Crippen LogP contribution in [0.5, 0.6) is 0 Å². The van der Waals surface area contributed by atoms with Crippen LogP contribution in [0.25, 0.3) is 6.08 Å². The Bertz CT molecular complexity index is 915. The number of fused-ring (bicyclic) bond motifs is 1. The number of nitrogens with zero attached hydrogens (tertiary/aromatic N) is 1. The van der Waals surface area contributed by atoms with Crippen molar-refractivity contribution in [2.75, 3.05) is 5.32 Å². The lowest BCUT2D eigenvalue weighted by Crippen LogP contribution is -2.19. The zero-order valence-corrected chi connectivity index (χ0v) is 14.5. The maximum Gasteiger partial charge on any atom is 0.267 e. The number of carbonyl (C=O) groups is 2. The summed E-state index contributed by atoms with van der Waals surface area (Å²) in [6.07, 6.45) is 5.09. The number of hydrogen-bond acceptors (Lipinski definition) is 5. The van der Waals surface area contributed by atoms with Crippen molar-refractivity contribution >= 4 is 34.2 Å². The van der Waals surface area contributed by atoms with E-state index in [0.717, 1.165) is 36.1 Å². The fourth-order valence-corrected chi connectivity index (χ4v) is 4.20. The van der Waals surface area contributed by atoms with Crippen LogP contribution >= 0.6 is 11.3 Å². The normalized spacial score (nSPS) is 13.8. The summed E-state index contributed by atoms with van der Waals surface area (Å²) in [5.41, 5.74) is 6.72. The molecule has 0 atom stereocenters. The Hall–Kier alpha value is -2.85. The first-order chi connectivity index (χ1) is 12.0. The number of aryl methyl sites for hydroxylation is 2. The molecule has 3 N–H and O–H groups in total. The zero-order valence-electron chi connectivity index (χ0n) is 13.7. The molecule has 2 heterocycles. The number of nitrogens with two attached hydrogens (primary N) is 1. The molecule has 6 nitrogen and oxygen atoms in total. The van der Waals surface area contributed by atoms with Crippen LogP contribution < -0.4 is 11.1 Å². The Balaban J connectivity index is 1.90. The van der Waals surface area contributed by atoms with E-state index in [9.17, 15) is 14.9 Å². The third kappa shape index (κ3) is 3.49. The molecule has 2 amide bonds. The van der Waals surface area contributed by atoms with E-state index in [0.29, 0.717) is 22.1 Å². The summed E-state index contributed by atoms with van der Waals surface area (Å²) in [5, 5.41) is 12.4. The molecule has 2 aromatic rings. The summed E-state index contributed by atoms with van der Waals surface area (Å²) in [5.74, 6) is -0.0350. The minimum Gasteiger partial charge on any atom is -0.462 e. The van der Waals surface area contributed by atoms with Crippen molar-refractivity contribution in [3.05, 3.63) is 45.2 Å². The number of amides is 2. The van der Waals surface area contributed by atoms with E-state index in [1.807, 2.05) is 6.07 Å². The molecule has 0 radical (unpaired) electrons. The van der Waals surface area contributed by atoms with Gasteiger partial charge in [0.05, 0.1) is 5.56 Å². The van der Waals surface area contributed by atoms with Crippen molar-refractivity contribution in [2.24, 2.45) is 5.73 Å². The molecule has 0 saturated heterocycles. The van der Waals surface area contributed by atoms with Crippen LogP contribution in [0.3, 0.4) is 0 Å². The fourth-order valence-electron chi connectivity index (χ4n) is 2.91. The summed E-state index contributed by atoms with van der Waals surface area (Å²) in [6, 6.07) is 5.29. The summed E-state index contributed by atoms with van der Waals surface area (Å²) in [6.45, 7) is 1.78. The number of thiophene rings is 1. The SMILES string of the molecule is Cc1ccc(/C=C(\C#N)C(=O)Nc2sc3c(c2C(N)=O)CCCC3)o1. The number of primary amides is 1. The van der Waals surface area contributed by atoms with E-state index >= 15 is 0 Å². The highest BCUT2D eigenvalue weighted by Crippen LogP contribution is 2.38. The largest absolute Gasteiger partial charge is 0.462 e.